The summed E-state index contributed by atoms with van der Waals surface area (Å²) in [6, 6.07) is 6.54. The predicted molar refractivity (Wildman–Crippen MR) is 66.5 cm³/mol. The summed E-state index contributed by atoms with van der Waals surface area (Å²) in [4.78, 5) is 4.38. The van der Waals surface area contributed by atoms with Gasteiger partial charge >= 0.3 is 0 Å². The number of imidazole rings is 1. The third-order valence-electron chi connectivity index (χ3n) is 3.62. The van der Waals surface area contributed by atoms with Crippen LogP contribution in [-0.4, -0.2) is 9.55 Å². The summed E-state index contributed by atoms with van der Waals surface area (Å²) in [6.45, 7) is 1.93. The van der Waals surface area contributed by atoms with Crippen molar-refractivity contribution in [2.45, 2.75) is 32.2 Å². The molecule has 0 amide bonds. The van der Waals surface area contributed by atoms with E-state index in [1.54, 1.807) is 0 Å². The molecule has 1 fully saturated rings. The SMILES string of the molecule is Cc1cc2nc(N)n(C3CCC3)c2cc1C#N. The molecule has 1 aliphatic carbocycles. The Morgan fingerprint density at radius 1 is 1.47 bits per heavy atom. The van der Waals surface area contributed by atoms with Gasteiger partial charge in [-0.1, -0.05) is 0 Å². The van der Waals surface area contributed by atoms with Crippen molar-refractivity contribution in [3.63, 3.8) is 0 Å². The summed E-state index contributed by atoms with van der Waals surface area (Å²) in [5, 5.41) is 9.07. The van der Waals surface area contributed by atoms with Crippen molar-refractivity contribution < 1.29 is 0 Å². The second-order valence-corrected chi connectivity index (χ2v) is 4.69. The highest BCUT2D eigenvalue weighted by Gasteiger charge is 2.24. The Morgan fingerprint density at radius 3 is 2.82 bits per heavy atom. The molecule has 0 atom stereocenters. The summed E-state index contributed by atoms with van der Waals surface area (Å²) in [7, 11) is 0. The van der Waals surface area contributed by atoms with Crippen LogP contribution in [0.5, 0.6) is 0 Å². The first kappa shape index (κ1) is 10.2. The number of nitrogen functional groups attached to an aromatic ring is 1. The lowest BCUT2D eigenvalue weighted by molar-refractivity contribution is 0.324. The van der Waals surface area contributed by atoms with Crippen LogP contribution in [0.25, 0.3) is 11.0 Å². The average molecular weight is 226 g/mol. The third-order valence-corrected chi connectivity index (χ3v) is 3.62. The van der Waals surface area contributed by atoms with Gasteiger partial charge in [-0.05, 0) is 43.9 Å². The average Bonchev–Trinajstić information content (AvgIpc) is 2.52. The number of nitriles is 1. The smallest absolute Gasteiger partial charge is 0.201 e. The number of fused-ring (bicyclic) bond motifs is 1. The lowest BCUT2D eigenvalue weighted by Gasteiger charge is -2.28. The summed E-state index contributed by atoms with van der Waals surface area (Å²) in [6.07, 6.45) is 3.57. The van der Waals surface area contributed by atoms with E-state index in [-0.39, 0.29) is 0 Å². The minimum Gasteiger partial charge on any atom is -0.369 e. The molecule has 0 saturated heterocycles. The zero-order valence-corrected chi connectivity index (χ0v) is 9.77. The van der Waals surface area contributed by atoms with Crippen molar-refractivity contribution in [3.05, 3.63) is 23.3 Å². The molecule has 1 aromatic carbocycles. The molecular weight excluding hydrogens is 212 g/mol. The normalized spacial score (nSPS) is 15.8. The largest absolute Gasteiger partial charge is 0.369 e. The van der Waals surface area contributed by atoms with Gasteiger partial charge in [0.25, 0.3) is 0 Å². The van der Waals surface area contributed by atoms with E-state index < -0.39 is 0 Å². The molecule has 4 nitrogen and oxygen atoms in total. The fourth-order valence-electron chi connectivity index (χ4n) is 2.41. The van der Waals surface area contributed by atoms with E-state index in [0.29, 0.717) is 17.6 Å². The standard InChI is InChI=1S/C13H14N4/c1-8-5-11-12(6-9(8)7-14)17(13(15)16-11)10-3-2-4-10/h5-6,10H,2-4H2,1H3,(H2,15,16). The Hall–Kier alpha value is -2.02. The van der Waals surface area contributed by atoms with Gasteiger partial charge in [0.2, 0.25) is 5.95 Å². The molecule has 3 rings (SSSR count). The predicted octanol–water partition coefficient (Wildman–Crippen LogP) is 2.52. The number of rotatable bonds is 1. The topological polar surface area (TPSA) is 67.6 Å². The molecule has 1 heterocycles. The molecule has 2 aromatic rings. The van der Waals surface area contributed by atoms with Gasteiger partial charge in [0.05, 0.1) is 22.7 Å². The van der Waals surface area contributed by atoms with Gasteiger partial charge in [-0.2, -0.15) is 5.26 Å². The molecule has 0 radical (unpaired) electrons. The summed E-state index contributed by atoms with van der Waals surface area (Å²) < 4.78 is 2.08. The molecule has 0 spiro atoms. The maximum Gasteiger partial charge on any atom is 0.201 e. The summed E-state index contributed by atoms with van der Waals surface area (Å²) in [5.41, 5.74) is 9.53. The van der Waals surface area contributed by atoms with Crippen LogP contribution in [0, 0.1) is 18.3 Å². The Balaban J connectivity index is 2.27. The molecule has 2 N–H and O–H groups in total. The van der Waals surface area contributed by atoms with Gasteiger partial charge in [-0.15, -0.1) is 0 Å². The van der Waals surface area contributed by atoms with Gasteiger partial charge in [-0.3, -0.25) is 0 Å². The van der Waals surface area contributed by atoms with E-state index in [4.69, 9.17) is 11.0 Å². The van der Waals surface area contributed by atoms with E-state index in [1.807, 2.05) is 19.1 Å². The summed E-state index contributed by atoms with van der Waals surface area (Å²) >= 11 is 0. The van der Waals surface area contributed by atoms with Crippen LogP contribution in [0.1, 0.15) is 36.4 Å². The first-order valence-corrected chi connectivity index (χ1v) is 5.89. The zero-order valence-electron chi connectivity index (χ0n) is 9.77. The molecule has 1 aromatic heterocycles. The van der Waals surface area contributed by atoms with Crippen LogP contribution in [0.2, 0.25) is 0 Å². The Morgan fingerprint density at radius 2 is 2.24 bits per heavy atom. The first-order valence-electron chi connectivity index (χ1n) is 5.89. The fourth-order valence-corrected chi connectivity index (χ4v) is 2.41. The molecule has 0 bridgehead atoms. The number of aryl methyl sites for hydroxylation is 1. The highest BCUT2D eigenvalue weighted by Crippen LogP contribution is 2.36. The Bertz CT molecular complexity index is 629. The molecular formula is C13H14N4. The van der Waals surface area contributed by atoms with E-state index in [2.05, 4.69) is 15.6 Å². The molecule has 4 heteroatoms. The number of hydrogen-bond acceptors (Lipinski definition) is 3. The maximum absolute atomic E-state index is 9.07. The van der Waals surface area contributed by atoms with Crippen molar-refractivity contribution in [2.75, 3.05) is 5.73 Å². The minimum absolute atomic E-state index is 0.467. The molecule has 1 aliphatic rings. The monoisotopic (exact) mass is 226 g/mol. The molecule has 86 valence electrons. The fraction of sp³-hybridized carbons (Fsp3) is 0.385. The Labute approximate surface area is 99.7 Å². The van der Waals surface area contributed by atoms with Crippen molar-refractivity contribution in [2.24, 2.45) is 0 Å². The quantitative estimate of drug-likeness (QED) is 0.812. The van der Waals surface area contributed by atoms with Crippen LogP contribution in [-0.2, 0) is 0 Å². The first-order chi connectivity index (χ1) is 8.20. The lowest BCUT2D eigenvalue weighted by Crippen LogP contribution is -2.18. The number of nitrogens with zero attached hydrogens (tertiary/aromatic N) is 3. The number of aromatic nitrogens is 2. The second-order valence-electron chi connectivity index (χ2n) is 4.69. The number of nitrogens with two attached hydrogens (primary N) is 1. The molecule has 0 aliphatic heterocycles. The van der Waals surface area contributed by atoms with Gasteiger partial charge in [0.15, 0.2) is 0 Å². The van der Waals surface area contributed by atoms with Crippen LogP contribution in [0.3, 0.4) is 0 Å². The van der Waals surface area contributed by atoms with Crippen molar-refractivity contribution in [3.8, 4) is 6.07 Å². The second kappa shape index (κ2) is 3.49. The van der Waals surface area contributed by atoms with Crippen LogP contribution >= 0.6 is 0 Å². The van der Waals surface area contributed by atoms with Crippen LogP contribution in [0.4, 0.5) is 5.95 Å². The summed E-state index contributed by atoms with van der Waals surface area (Å²) in [5.74, 6) is 0.569. The minimum atomic E-state index is 0.467. The van der Waals surface area contributed by atoms with E-state index in [9.17, 15) is 0 Å². The molecule has 17 heavy (non-hydrogen) atoms. The van der Waals surface area contributed by atoms with Crippen molar-refractivity contribution >= 4 is 17.0 Å². The highest BCUT2D eigenvalue weighted by molar-refractivity contribution is 5.81. The van der Waals surface area contributed by atoms with E-state index in [0.717, 1.165) is 29.4 Å². The van der Waals surface area contributed by atoms with Gasteiger partial charge in [0.1, 0.15) is 0 Å². The van der Waals surface area contributed by atoms with E-state index >= 15 is 0 Å². The number of anilines is 1. The van der Waals surface area contributed by atoms with Crippen molar-refractivity contribution in [1.29, 1.82) is 5.26 Å². The third kappa shape index (κ3) is 1.39. The van der Waals surface area contributed by atoms with Crippen LogP contribution < -0.4 is 5.73 Å². The Kier molecular flexibility index (Phi) is 2.08. The van der Waals surface area contributed by atoms with Gasteiger partial charge < -0.3 is 10.3 Å². The maximum atomic E-state index is 9.07. The molecule has 1 saturated carbocycles. The number of hydrogen-bond donors (Lipinski definition) is 1. The highest BCUT2D eigenvalue weighted by atomic mass is 15.2. The van der Waals surface area contributed by atoms with Crippen LogP contribution in [0.15, 0.2) is 12.1 Å². The van der Waals surface area contributed by atoms with E-state index in [1.165, 1.54) is 6.42 Å². The van der Waals surface area contributed by atoms with Crippen molar-refractivity contribution in [1.82, 2.24) is 9.55 Å². The lowest BCUT2D eigenvalue weighted by atomic mass is 9.92. The van der Waals surface area contributed by atoms with Gasteiger partial charge in [-0.25, -0.2) is 4.98 Å². The zero-order chi connectivity index (χ0) is 12.0. The molecule has 0 unspecified atom stereocenters. The number of benzene rings is 1. The van der Waals surface area contributed by atoms with Gasteiger partial charge in [0, 0.05) is 6.04 Å².